The van der Waals surface area contributed by atoms with Crippen LogP contribution in [0.4, 0.5) is 8.78 Å². The minimum Gasteiger partial charge on any atom is -0.480 e. The van der Waals surface area contributed by atoms with Crippen LogP contribution in [0.25, 0.3) is 0 Å². The van der Waals surface area contributed by atoms with Crippen LogP contribution in [0, 0.1) is 0 Å². The van der Waals surface area contributed by atoms with E-state index in [4.69, 9.17) is 5.11 Å². The van der Waals surface area contributed by atoms with E-state index in [-0.39, 0.29) is 10.5 Å². The Kier molecular flexibility index (Phi) is 3.81. The molecule has 122 valence electrons. The molecule has 0 bridgehead atoms. The highest BCUT2D eigenvalue weighted by molar-refractivity contribution is 7.89. The minimum absolute atomic E-state index is 0.0283. The first kappa shape index (κ1) is 16.8. The Labute approximate surface area is 127 Å². The summed E-state index contributed by atoms with van der Waals surface area (Å²) in [7, 11) is -3.08. The van der Waals surface area contributed by atoms with E-state index in [9.17, 15) is 22.0 Å². The van der Waals surface area contributed by atoms with E-state index < -0.39 is 39.8 Å². The maximum atomic E-state index is 13.3. The summed E-state index contributed by atoms with van der Waals surface area (Å²) in [5, 5.41) is 9.17. The molecule has 0 radical (unpaired) electrons. The molecule has 1 unspecified atom stereocenters. The fourth-order valence-electron chi connectivity index (χ4n) is 2.14. The van der Waals surface area contributed by atoms with Crippen molar-refractivity contribution in [2.24, 2.45) is 0 Å². The lowest BCUT2D eigenvalue weighted by atomic mass is 10.1. The topological polar surface area (TPSA) is 74.7 Å². The second-order valence-electron chi connectivity index (χ2n) is 5.89. The maximum Gasteiger partial charge on any atom is 0.324 e. The molecule has 1 aromatic carbocycles. The summed E-state index contributed by atoms with van der Waals surface area (Å²) in [5.41, 5.74) is -1.67. The van der Waals surface area contributed by atoms with Crippen molar-refractivity contribution in [1.29, 1.82) is 0 Å². The molecule has 1 atom stereocenters. The van der Waals surface area contributed by atoms with Crippen molar-refractivity contribution in [3.63, 3.8) is 0 Å². The second kappa shape index (κ2) is 4.99. The minimum atomic E-state index is -4.21. The lowest BCUT2D eigenvalue weighted by molar-refractivity contribution is -0.145. The predicted octanol–water partition coefficient (Wildman–Crippen LogP) is 2.29. The number of carbonyl (C=O) groups is 1. The van der Waals surface area contributed by atoms with Crippen molar-refractivity contribution in [1.82, 2.24) is 4.31 Å². The molecule has 2 rings (SSSR count). The third-order valence-corrected chi connectivity index (χ3v) is 6.17. The Hall–Kier alpha value is -1.54. The van der Waals surface area contributed by atoms with Gasteiger partial charge in [0, 0.05) is 13.5 Å². The van der Waals surface area contributed by atoms with Crippen molar-refractivity contribution in [3.8, 4) is 0 Å². The fourth-order valence-corrected chi connectivity index (χ4v) is 3.87. The van der Waals surface area contributed by atoms with Gasteiger partial charge in [-0.05, 0) is 25.5 Å². The summed E-state index contributed by atoms with van der Waals surface area (Å²) in [4.78, 5) is 11.0. The first-order valence-corrected chi connectivity index (χ1v) is 8.05. The van der Waals surface area contributed by atoms with Crippen molar-refractivity contribution in [2.45, 2.75) is 42.5 Å². The normalized spacial score (nSPS) is 20.9. The number of benzene rings is 1. The first-order valence-electron chi connectivity index (χ1n) is 6.61. The first-order chi connectivity index (χ1) is 9.92. The molecule has 0 aromatic heterocycles. The van der Waals surface area contributed by atoms with Gasteiger partial charge in [0.2, 0.25) is 10.0 Å². The van der Waals surface area contributed by atoms with Crippen LogP contribution in [-0.4, -0.2) is 42.3 Å². The molecular weight excluding hydrogens is 316 g/mol. The van der Waals surface area contributed by atoms with Gasteiger partial charge in [-0.25, -0.2) is 17.2 Å². The molecule has 0 amide bonds. The Morgan fingerprint density at radius 2 is 1.86 bits per heavy atom. The number of rotatable bonds is 5. The molecule has 0 heterocycles. The Morgan fingerprint density at radius 1 is 1.36 bits per heavy atom. The number of aliphatic carboxylic acids is 1. The van der Waals surface area contributed by atoms with Gasteiger partial charge in [-0.15, -0.1) is 0 Å². The van der Waals surface area contributed by atoms with Gasteiger partial charge in [0.1, 0.15) is 5.54 Å². The molecule has 8 heteroatoms. The molecule has 0 saturated heterocycles. The molecule has 22 heavy (non-hydrogen) atoms. The van der Waals surface area contributed by atoms with Gasteiger partial charge in [-0.3, -0.25) is 4.79 Å². The summed E-state index contributed by atoms with van der Waals surface area (Å²) >= 11 is 0. The summed E-state index contributed by atoms with van der Waals surface area (Å²) in [6.07, 6.45) is -0.397. The van der Waals surface area contributed by atoms with E-state index in [1.807, 2.05) is 0 Å². The molecule has 1 aliphatic carbocycles. The van der Waals surface area contributed by atoms with Crippen LogP contribution in [0.5, 0.6) is 0 Å². The number of carboxylic acid groups (broad SMARTS) is 1. The van der Waals surface area contributed by atoms with Gasteiger partial charge in [0.05, 0.1) is 10.8 Å². The third kappa shape index (κ3) is 2.61. The fraction of sp³-hybridized carbons (Fsp3) is 0.500. The highest BCUT2D eigenvalue weighted by Gasteiger charge is 2.59. The van der Waals surface area contributed by atoms with E-state index in [1.54, 1.807) is 0 Å². The van der Waals surface area contributed by atoms with Crippen LogP contribution in [-0.2, 0) is 14.8 Å². The van der Waals surface area contributed by atoms with Crippen molar-refractivity contribution < 1.29 is 27.1 Å². The number of hydrogen-bond acceptors (Lipinski definition) is 3. The van der Waals surface area contributed by atoms with Gasteiger partial charge in [0.25, 0.3) is 5.92 Å². The average molecular weight is 333 g/mol. The van der Waals surface area contributed by atoms with Crippen LogP contribution in [0.3, 0.4) is 0 Å². The smallest absolute Gasteiger partial charge is 0.324 e. The number of halogens is 2. The number of hydrogen-bond donors (Lipinski definition) is 1. The van der Waals surface area contributed by atoms with Gasteiger partial charge in [-0.1, -0.05) is 18.2 Å². The van der Waals surface area contributed by atoms with E-state index >= 15 is 0 Å². The molecule has 1 aliphatic rings. The van der Waals surface area contributed by atoms with Crippen molar-refractivity contribution >= 4 is 16.0 Å². The number of carboxylic acids is 1. The molecule has 1 fully saturated rings. The zero-order valence-electron chi connectivity index (χ0n) is 12.4. The highest BCUT2D eigenvalue weighted by atomic mass is 32.2. The van der Waals surface area contributed by atoms with E-state index in [2.05, 4.69) is 0 Å². The van der Waals surface area contributed by atoms with Crippen LogP contribution in [0.2, 0.25) is 0 Å². The molecular formula is C14H17F2NO4S. The van der Waals surface area contributed by atoms with E-state index in [1.165, 1.54) is 38.1 Å². The number of nitrogens with zero attached hydrogens (tertiary/aromatic N) is 1. The molecule has 5 nitrogen and oxygen atoms in total. The van der Waals surface area contributed by atoms with Crippen molar-refractivity contribution in [3.05, 3.63) is 29.8 Å². The third-order valence-electron chi connectivity index (χ3n) is 4.07. The van der Waals surface area contributed by atoms with Crippen LogP contribution in [0.1, 0.15) is 31.7 Å². The zero-order valence-corrected chi connectivity index (χ0v) is 13.2. The Morgan fingerprint density at radius 3 is 2.32 bits per heavy atom. The summed E-state index contributed by atoms with van der Waals surface area (Å²) in [6.45, 7) is 2.47. The molecule has 0 spiro atoms. The SMILES string of the molecule is CN(C(C)(C)C(=O)O)S(=O)(=O)c1ccccc1C1CC1(F)F. The van der Waals surface area contributed by atoms with Crippen molar-refractivity contribution in [2.75, 3.05) is 7.05 Å². The number of alkyl halides is 2. The second-order valence-corrected chi connectivity index (χ2v) is 7.83. The largest absolute Gasteiger partial charge is 0.480 e. The van der Waals surface area contributed by atoms with Crippen LogP contribution < -0.4 is 0 Å². The van der Waals surface area contributed by atoms with Gasteiger partial charge in [0.15, 0.2) is 0 Å². The zero-order chi connectivity index (χ0) is 16.9. The molecule has 1 N–H and O–H groups in total. The Balaban J connectivity index is 2.50. The Bertz CT molecular complexity index is 715. The molecule has 1 aromatic rings. The monoisotopic (exact) mass is 333 g/mol. The van der Waals surface area contributed by atoms with Gasteiger partial charge < -0.3 is 5.11 Å². The quantitative estimate of drug-likeness (QED) is 0.897. The lowest BCUT2D eigenvalue weighted by Crippen LogP contribution is -2.50. The van der Waals surface area contributed by atoms with Crippen LogP contribution >= 0.6 is 0 Å². The highest BCUT2D eigenvalue weighted by Crippen LogP contribution is 2.57. The standard InChI is InChI=1S/C14H17F2NO4S/c1-13(2,12(18)19)17(3)22(20,21)11-7-5-4-6-9(11)10-8-14(10,15)16/h4-7,10H,8H2,1-3H3,(H,18,19). The number of sulfonamides is 1. The summed E-state index contributed by atoms with van der Waals surface area (Å²) in [6, 6.07) is 5.50. The summed E-state index contributed by atoms with van der Waals surface area (Å²) in [5.74, 6) is -5.38. The summed E-state index contributed by atoms with van der Waals surface area (Å²) < 4.78 is 52.6. The van der Waals surface area contributed by atoms with Crippen LogP contribution in [0.15, 0.2) is 29.2 Å². The van der Waals surface area contributed by atoms with Gasteiger partial charge in [-0.2, -0.15) is 4.31 Å². The average Bonchev–Trinajstić information content (AvgIpc) is 3.06. The lowest BCUT2D eigenvalue weighted by Gasteiger charge is -2.31. The predicted molar refractivity (Wildman–Crippen MR) is 75.4 cm³/mol. The number of likely N-dealkylation sites (N-methyl/N-ethyl adjacent to an activating group) is 1. The molecule has 0 aliphatic heterocycles. The van der Waals surface area contributed by atoms with E-state index in [0.717, 1.165) is 7.05 Å². The van der Waals surface area contributed by atoms with E-state index in [0.29, 0.717) is 4.31 Å². The van der Waals surface area contributed by atoms with Gasteiger partial charge >= 0.3 is 5.97 Å². The maximum absolute atomic E-state index is 13.3. The molecule has 1 saturated carbocycles.